The summed E-state index contributed by atoms with van der Waals surface area (Å²) in [4.78, 5) is 15.4. The SMILES string of the molecule is Cc1ccsc1C(=O)N1CCC2(CCNC2)CC1.Cl. The van der Waals surface area contributed by atoms with Gasteiger partial charge in [0.2, 0.25) is 0 Å². The predicted octanol–water partition coefficient (Wildman–Crippen LogP) is 2.69. The highest BCUT2D eigenvalue weighted by Crippen LogP contribution is 2.37. The van der Waals surface area contributed by atoms with Gasteiger partial charge in [0.05, 0.1) is 4.88 Å². The molecule has 0 bridgehead atoms. The molecule has 3 heterocycles. The van der Waals surface area contributed by atoms with E-state index in [9.17, 15) is 4.79 Å². The van der Waals surface area contributed by atoms with Gasteiger partial charge in [-0.2, -0.15) is 0 Å². The van der Waals surface area contributed by atoms with Gasteiger partial charge in [0, 0.05) is 19.6 Å². The molecule has 2 fully saturated rings. The zero-order valence-electron chi connectivity index (χ0n) is 11.3. The van der Waals surface area contributed by atoms with Crippen LogP contribution >= 0.6 is 23.7 Å². The van der Waals surface area contributed by atoms with Gasteiger partial charge in [-0.3, -0.25) is 4.79 Å². The number of carbonyl (C=O) groups excluding carboxylic acids is 1. The highest BCUT2D eigenvalue weighted by Gasteiger charge is 2.38. The monoisotopic (exact) mass is 300 g/mol. The van der Waals surface area contributed by atoms with Crippen molar-refractivity contribution < 1.29 is 4.79 Å². The van der Waals surface area contributed by atoms with Crippen molar-refractivity contribution in [3.8, 4) is 0 Å². The van der Waals surface area contributed by atoms with Gasteiger partial charge in [0.25, 0.3) is 5.91 Å². The summed E-state index contributed by atoms with van der Waals surface area (Å²) in [5, 5.41) is 5.47. The van der Waals surface area contributed by atoms with Crippen LogP contribution in [0.1, 0.15) is 34.5 Å². The van der Waals surface area contributed by atoms with E-state index in [0.717, 1.165) is 49.5 Å². The van der Waals surface area contributed by atoms with Gasteiger partial charge in [0.15, 0.2) is 0 Å². The first-order valence-electron chi connectivity index (χ1n) is 6.74. The summed E-state index contributed by atoms with van der Waals surface area (Å²) in [5.41, 5.74) is 1.61. The van der Waals surface area contributed by atoms with Crippen LogP contribution < -0.4 is 5.32 Å². The van der Waals surface area contributed by atoms with Crippen LogP contribution in [-0.2, 0) is 0 Å². The number of aryl methyl sites for hydroxylation is 1. The summed E-state index contributed by atoms with van der Waals surface area (Å²) in [5.74, 6) is 0.239. The molecule has 3 rings (SSSR count). The first-order valence-corrected chi connectivity index (χ1v) is 7.62. The molecule has 5 heteroatoms. The number of halogens is 1. The van der Waals surface area contributed by atoms with Crippen LogP contribution in [0.4, 0.5) is 0 Å². The number of hydrogen-bond donors (Lipinski definition) is 1. The second kappa shape index (κ2) is 5.81. The number of amides is 1. The number of rotatable bonds is 1. The Bertz CT molecular complexity index is 444. The molecular formula is C14H21ClN2OS. The number of carbonyl (C=O) groups is 1. The average molecular weight is 301 g/mol. The van der Waals surface area contributed by atoms with E-state index in [1.165, 1.54) is 6.42 Å². The van der Waals surface area contributed by atoms with Crippen molar-refractivity contribution in [3.05, 3.63) is 21.9 Å². The first-order chi connectivity index (χ1) is 8.70. The van der Waals surface area contributed by atoms with Crippen molar-refractivity contribution in [2.75, 3.05) is 26.2 Å². The van der Waals surface area contributed by atoms with Crippen molar-refractivity contribution in [1.82, 2.24) is 10.2 Å². The van der Waals surface area contributed by atoms with Crippen molar-refractivity contribution >= 4 is 29.7 Å². The first kappa shape index (κ1) is 14.8. The molecule has 2 aliphatic heterocycles. The molecule has 1 aromatic rings. The minimum atomic E-state index is 0. The maximum absolute atomic E-state index is 12.4. The smallest absolute Gasteiger partial charge is 0.264 e. The second-order valence-electron chi connectivity index (χ2n) is 5.65. The summed E-state index contributed by atoms with van der Waals surface area (Å²) in [6, 6.07) is 2.03. The van der Waals surface area contributed by atoms with Crippen LogP contribution in [0.15, 0.2) is 11.4 Å². The standard InChI is InChI=1S/C14H20N2OS.ClH/c1-11-2-9-18-12(11)13(17)16-7-4-14(5-8-16)3-6-15-10-14;/h2,9,15H,3-8,10H2,1H3;1H. The van der Waals surface area contributed by atoms with Crippen LogP contribution in [0.3, 0.4) is 0 Å². The van der Waals surface area contributed by atoms with Gasteiger partial charge in [-0.05, 0) is 55.2 Å². The Morgan fingerprint density at radius 1 is 1.37 bits per heavy atom. The van der Waals surface area contributed by atoms with E-state index >= 15 is 0 Å². The van der Waals surface area contributed by atoms with Crippen LogP contribution in [-0.4, -0.2) is 37.0 Å². The quantitative estimate of drug-likeness (QED) is 0.865. The molecule has 3 nitrogen and oxygen atoms in total. The van der Waals surface area contributed by atoms with Crippen molar-refractivity contribution in [2.45, 2.75) is 26.2 Å². The molecule has 2 saturated heterocycles. The van der Waals surface area contributed by atoms with E-state index in [4.69, 9.17) is 0 Å². The number of piperidine rings is 1. The molecule has 2 aliphatic rings. The molecular weight excluding hydrogens is 280 g/mol. The molecule has 0 radical (unpaired) electrons. The normalized spacial score (nSPS) is 21.4. The third-order valence-corrected chi connectivity index (χ3v) is 5.50. The Balaban J connectivity index is 0.00000133. The summed E-state index contributed by atoms with van der Waals surface area (Å²) < 4.78 is 0. The lowest BCUT2D eigenvalue weighted by molar-refractivity contribution is 0.0612. The maximum Gasteiger partial charge on any atom is 0.264 e. The third-order valence-electron chi connectivity index (χ3n) is 4.50. The molecule has 19 heavy (non-hydrogen) atoms. The number of thiophene rings is 1. The lowest BCUT2D eigenvalue weighted by atomic mass is 9.78. The molecule has 0 atom stereocenters. The summed E-state index contributed by atoms with van der Waals surface area (Å²) in [7, 11) is 0. The van der Waals surface area contributed by atoms with Gasteiger partial charge in [-0.25, -0.2) is 0 Å². The van der Waals surface area contributed by atoms with Crippen molar-refractivity contribution in [2.24, 2.45) is 5.41 Å². The molecule has 1 N–H and O–H groups in total. The molecule has 0 aliphatic carbocycles. The number of hydrogen-bond acceptors (Lipinski definition) is 3. The predicted molar refractivity (Wildman–Crippen MR) is 81.4 cm³/mol. The zero-order valence-corrected chi connectivity index (χ0v) is 12.9. The highest BCUT2D eigenvalue weighted by atomic mass is 35.5. The summed E-state index contributed by atoms with van der Waals surface area (Å²) in [6.45, 7) is 6.18. The van der Waals surface area contributed by atoms with Gasteiger partial charge in [0.1, 0.15) is 0 Å². The number of nitrogens with zero attached hydrogens (tertiary/aromatic N) is 1. The Morgan fingerprint density at radius 3 is 2.63 bits per heavy atom. The lowest BCUT2D eigenvalue weighted by Gasteiger charge is -2.38. The Hall–Kier alpha value is -0.580. The fraction of sp³-hybridized carbons (Fsp3) is 0.643. The number of likely N-dealkylation sites (tertiary alicyclic amines) is 1. The van der Waals surface area contributed by atoms with E-state index in [-0.39, 0.29) is 18.3 Å². The van der Waals surface area contributed by atoms with Crippen LogP contribution in [0.2, 0.25) is 0 Å². The van der Waals surface area contributed by atoms with Crippen LogP contribution in [0.5, 0.6) is 0 Å². The Kier molecular flexibility index (Phi) is 4.54. The van der Waals surface area contributed by atoms with E-state index in [0.29, 0.717) is 5.41 Å². The minimum absolute atomic E-state index is 0. The fourth-order valence-electron chi connectivity index (χ4n) is 3.14. The average Bonchev–Trinajstić information content (AvgIpc) is 2.99. The third kappa shape index (κ3) is 2.81. The second-order valence-corrected chi connectivity index (χ2v) is 6.57. The van der Waals surface area contributed by atoms with Crippen LogP contribution in [0, 0.1) is 12.3 Å². The minimum Gasteiger partial charge on any atom is -0.338 e. The van der Waals surface area contributed by atoms with E-state index in [2.05, 4.69) is 5.32 Å². The van der Waals surface area contributed by atoms with Crippen molar-refractivity contribution in [1.29, 1.82) is 0 Å². The fourth-order valence-corrected chi connectivity index (χ4v) is 4.03. The van der Waals surface area contributed by atoms with E-state index in [1.807, 2.05) is 23.3 Å². The summed E-state index contributed by atoms with van der Waals surface area (Å²) >= 11 is 1.57. The largest absolute Gasteiger partial charge is 0.338 e. The van der Waals surface area contributed by atoms with Crippen LogP contribution in [0.25, 0.3) is 0 Å². The molecule has 0 saturated carbocycles. The van der Waals surface area contributed by atoms with Gasteiger partial charge >= 0.3 is 0 Å². The van der Waals surface area contributed by atoms with Gasteiger partial charge in [-0.15, -0.1) is 23.7 Å². The summed E-state index contributed by atoms with van der Waals surface area (Å²) in [6.07, 6.45) is 3.61. The molecule has 1 amide bonds. The van der Waals surface area contributed by atoms with E-state index in [1.54, 1.807) is 11.3 Å². The van der Waals surface area contributed by atoms with E-state index < -0.39 is 0 Å². The lowest BCUT2D eigenvalue weighted by Crippen LogP contribution is -2.43. The van der Waals surface area contributed by atoms with Gasteiger partial charge in [-0.1, -0.05) is 0 Å². The highest BCUT2D eigenvalue weighted by molar-refractivity contribution is 7.12. The molecule has 1 aromatic heterocycles. The molecule has 0 unspecified atom stereocenters. The zero-order chi connectivity index (χ0) is 12.6. The Labute approximate surface area is 124 Å². The molecule has 106 valence electrons. The molecule has 0 aromatic carbocycles. The number of nitrogens with one attached hydrogen (secondary N) is 1. The topological polar surface area (TPSA) is 32.3 Å². The van der Waals surface area contributed by atoms with Crippen molar-refractivity contribution in [3.63, 3.8) is 0 Å². The molecule has 1 spiro atoms. The maximum atomic E-state index is 12.4. The Morgan fingerprint density at radius 2 is 2.11 bits per heavy atom. The van der Waals surface area contributed by atoms with Gasteiger partial charge < -0.3 is 10.2 Å².